The highest BCUT2D eigenvalue weighted by Crippen LogP contribution is 2.33. The summed E-state index contributed by atoms with van der Waals surface area (Å²) in [7, 11) is -3.71. The molecule has 1 atom stereocenters. The number of sulfonamides is 1. The van der Waals surface area contributed by atoms with Crippen molar-refractivity contribution in [2.45, 2.75) is 43.7 Å². The molecular formula is C30H32F2N4O5S. The average Bonchev–Trinajstić information content (AvgIpc) is 3.39. The third-order valence-electron chi connectivity index (χ3n) is 6.72. The first-order chi connectivity index (χ1) is 19.9. The smallest absolute Gasteiger partial charge is 0.408 e. The summed E-state index contributed by atoms with van der Waals surface area (Å²) >= 11 is 0. The van der Waals surface area contributed by atoms with Gasteiger partial charge < -0.3 is 19.8 Å². The quantitative estimate of drug-likeness (QED) is 0.297. The van der Waals surface area contributed by atoms with Gasteiger partial charge in [0.1, 0.15) is 17.2 Å². The van der Waals surface area contributed by atoms with Gasteiger partial charge in [-0.2, -0.15) is 4.31 Å². The zero-order valence-corrected chi connectivity index (χ0v) is 24.3. The first-order valence-electron chi connectivity index (χ1n) is 13.5. The van der Waals surface area contributed by atoms with Gasteiger partial charge in [0.05, 0.1) is 40.9 Å². The number of aromatic amines is 1. The zero-order valence-electron chi connectivity index (χ0n) is 23.5. The number of carbonyl (C=O) groups excluding carboxylic acids is 1. The number of rotatable bonds is 7. The van der Waals surface area contributed by atoms with E-state index in [-0.39, 0.29) is 24.4 Å². The van der Waals surface area contributed by atoms with Crippen LogP contribution in [-0.2, 0) is 25.9 Å². The van der Waals surface area contributed by atoms with E-state index in [2.05, 4.69) is 10.3 Å². The lowest BCUT2D eigenvalue weighted by molar-refractivity contribution is 0.0502. The fourth-order valence-corrected chi connectivity index (χ4v) is 6.27. The number of H-pyrrole nitrogens is 1. The molecule has 2 N–H and O–H groups in total. The minimum atomic E-state index is -3.71. The van der Waals surface area contributed by atoms with Crippen molar-refractivity contribution < 1.29 is 31.5 Å². The van der Waals surface area contributed by atoms with Crippen LogP contribution in [0.1, 0.15) is 38.1 Å². The number of ether oxygens (including phenoxy) is 2. The minimum absolute atomic E-state index is 0.00729. The number of pyridine rings is 1. The standard InChI is InChI=1S/C30H32F2N4O5S/c1-30(2,3)41-29(37)35-27(16-19-14-21(31)17-22(32)15-19)28-24(18-26-25(34-28)8-9-33-26)20-4-6-23(7-5-20)42(38,39)36-10-12-40-13-11-36/h4-9,14-15,17-18,27,33H,10-13,16H2,1-3H3,(H,35,37)/t27-/m1/s1. The van der Waals surface area contributed by atoms with Crippen LogP contribution in [-0.4, -0.2) is 60.7 Å². The SMILES string of the molecule is CC(C)(C)OC(=O)N[C@H](Cc1cc(F)cc(F)c1)c1nc2cc[nH]c2cc1-c1ccc(S(=O)(=O)N2CCOCC2)cc1. The Hall–Kier alpha value is -3.87. The van der Waals surface area contributed by atoms with E-state index < -0.39 is 39.4 Å². The second kappa shape index (κ2) is 11.8. The highest BCUT2D eigenvalue weighted by atomic mass is 32.2. The van der Waals surface area contributed by atoms with Crippen LogP contribution in [0.5, 0.6) is 0 Å². The Morgan fingerprint density at radius 2 is 1.74 bits per heavy atom. The molecule has 1 aliphatic heterocycles. The Kier molecular flexibility index (Phi) is 8.31. The highest BCUT2D eigenvalue weighted by Gasteiger charge is 2.28. The molecule has 0 spiro atoms. The number of hydrogen-bond donors (Lipinski definition) is 2. The molecule has 42 heavy (non-hydrogen) atoms. The van der Waals surface area contributed by atoms with Crippen molar-refractivity contribution in [3.63, 3.8) is 0 Å². The molecule has 1 fully saturated rings. The Labute approximate surface area is 242 Å². The van der Waals surface area contributed by atoms with Crippen LogP contribution in [0.15, 0.2) is 65.7 Å². The van der Waals surface area contributed by atoms with Gasteiger partial charge in [0.15, 0.2) is 0 Å². The number of benzene rings is 2. The lowest BCUT2D eigenvalue weighted by Crippen LogP contribution is -2.40. The fourth-order valence-electron chi connectivity index (χ4n) is 4.87. The molecule has 2 aromatic heterocycles. The van der Waals surface area contributed by atoms with Crippen molar-refractivity contribution in [1.29, 1.82) is 0 Å². The van der Waals surface area contributed by atoms with Gasteiger partial charge in [-0.3, -0.25) is 0 Å². The number of halogens is 2. The number of hydrogen-bond acceptors (Lipinski definition) is 6. The van der Waals surface area contributed by atoms with E-state index in [0.717, 1.165) is 6.07 Å². The molecule has 9 nitrogen and oxygen atoms in total. The predicted octanol–water partition coefficient (Wildman–Crippen LogP) is 5.34. The Balaban J connectivity index is 1.57. The molecule has 0 aliphatic carbocycles. The van der Waals surface area contributed by atoms with Gasteiger partial charge in [-0.05, 0) is 74.7 Å². The van der Waals surface area contributed by atoms with Crippen LogP contribution in [0.4, 0.5) is 13.6 Å². The summed E-state index contributed by atoms with van der Waals surface area (Å²) in [5.74, 6) is -1.49. The molecule has 1 amide bonds. The monoisotopic (exact) mass is 598 g/mol. The van der Waals surface area contributed by atoms with E-state index in [1.54, 1.807) is 45.2 Å². The molecule has 5 rings (SSSR count). The molecule has 1 aliphatic rings. The predicted molar refractivity (Wildman–Crippen MR) is 153 cm³/mol. The molecule has 3 heterocycles. The number of fused-ring (bicyclic) bond motifs is 1. The largest absolute Gasteiger partial charge is 0.444 e. The minimum Gasteiger partial charge on any atom is -0.444 e. The molecule has 12 heteroatoms. The van der Waals surface area contributed by atoms with E-state index in [0.29, 0.717) is 46.6 Å². The molecule has 1 saturated heterocycles. The number of alkyl carbamates (subject to hydrolysis) is 1. The van der Waals surface area contributed by atoms with Crippen molar-refractivity contribution in [3.05, 3.63) is 83.7 Å². The first-order valence-corrected chi connectivity index (χ1v) is 14.9. The van der Waals surface area contributed by atoms with Crippen molar-refractivity contribution in [2.24, 2.45) is 0 Å². The molecule has 222 valence electrons. The second-order valence-corrected chi connectivity index (χ2v) is 13.0. The van der Waals surface area contributed by atoms with E-state index >= 15 is 0 Å². The number of carbonyl (C=O) groups is 1. The summed E-state index contributed by atoms with van der Waals surface area (Å²) < 4.78 is 66.7. The summed E-state index contributed by atoms with van der Waals surface area (Å²) in [4.78, 5) is 21.0. The van der Waals surface area contributed by atoms with Gasteiger partial charge >= 0.3 is 6.09 Å². The molecule has 0 bridgehead atoms. The van der Waals surface area contributed by atoms with Gasteiger partial charge in [-0.15, -0.1) is 0 Å². The maximum atomic E-state index is 14.1. The van der Waals surface area contributed by atoms with Gasteiger partial charge in [-0.25, -0.2) is 27.0 Å². The van der Waals surface area contributed by atoms with Gasteiger partial charge in [0.2, 0.25) is 10.0 Å². The second-order valence-electron chi connectivity index (χ2n) is 11.1. The van der Waals surface area contributed by atoms with Crippen LogP contribution < -0.4 is 5.32 Å². The van der Waals surface area contributed by atoms with E-state index in [4.69, 9.17) is 14.5 Å². The fraction of sp³-hybridized carbons (Fsp3) is 0.333. The number of nitrogens with one attached hydrogen (secondary N) is 2. The number of amides is 1. The maximum absolute atomic E-state index is 14.1. The van der Waals surface area contributed by atoms with Crippen LogP contribution in [0.3, 0.4) is 0 Å². The average molecular weight is 599 g/mol. The Morgan fingerprint density at radius 3 is 2.38 bits per heavy atom. The van der Waals surface area contributed by atoms with Crippen molar-refractivity contribution >= 4 is 27.1 Å². The van der Waals surface area contributed by atoms with Gasteiger partial charge in [-0.1, -0.05) is 12.1 Å². The topological polar surface area (TPSA) is 114 Å². The molecule has 0 radical (unpaired) electrons. The van der Waals surface area contributed by atoms with Crippen molar-refractivity contribution in [1.82, 2.24) is 19.6 Å². The summed E-state index contributed by atoms with van der Waals surface area (Å²) in [6.45, 7) is 6.41. The van der Waals surface area contributed by atoms with Crippen LogP contribution in [0.25, 0.3) is 22.2 Å². The van der Waals surface area contributed by atoms with Gasteiger partial charge in [0.25, 0.3) is 0 Å². The number of nitrogens with zero attached hydrogens (tertiary/aromatic N) is 2. The summed E-state index contributed by atoms with van der Waals surface area (Å²) in [5, 5.41) is 2.83. The first kappa shape index (κ1) is 29.6. The lowest BCUT2D eigenvalue weighted by atomic mass is 9.95. The summed E-state index contributed by atoms with van der Waals surface area (Å²) in [5.41, 5.74) is 2.49. The molecule has 0 unspecified atom stereocenters. The van der Waals surface area contributed by atoms with Crippen LogP contribution in [0.2, 0.25) is 0 Å². The summed E-state index contributed by atoms with van der Waals surface area (Å²) in [6, 6.07) is 12.4. The maximum Gasteiger partial charge on any atom is 0.408 e. The van der Waals surface area contributed by atoms with Crippen LogP contribution >= 0.6 is 0 Å². The Bertz CT molecular complexity index is 1670. The van der Waals surface area contributed by atoms with Crippen molar-refractivity contribution in [2.75, 3.05) is 26.3 Å². The lowest BCUT2D eigenvalue weighted by Gasteiger charge is -2.26. The number of morpholine rings is 1. The van der Waals surface area contributed by atoms with E-state index in [9.17, 15) is 22.0 Å². The Morgan fingerprint density at radius 1 is 1.07 bits per heavy atom. The van der Waals surface area contributed by atoms with Crippen molar-refractivity contribution in [3.8, 4) is 11.1 Å². The third kappa shape index (κ3) is 6.77. The third-order valence-corrected chi connectivity index (χ3v) is 8.63. The molecule has 2 aromatic carbocycles. The highest BCUT2D eigenvalue weighted by molar-refractivity contribution is 7.89. The van der Waals surface area contributed by atoms with E-state index in [1.165, 1.54) is 28.6 Å². The normalized spacial score (nSPS) is 15.5. The summed E-state index contributed by atoms with van der Waals surface area (Å²) in [6.07, 6.45) is 1.01. The van der Waals surface area contributed by atoms with Gasteiger partial charge in [0, 0.05) is 30.9 Å². The van der Waals surface area contributed by atoms with E-state index in [1.807, 2.05) is 6.07 Å². The molecule has 4 aromatic rings. The van der Waals surface area contributed by atoms with Crippen LogP contribution in [0, 0.1) is 11.6 Å². The molecular weight excluding hydrogens is 566 g/mol. The molecule has 0 saturated carbocycles. The zero-order chi connectivity index (χ0) is 30.1. The number of aromatic nitrogens is 2.